The molecule has 0 bridgehead atoms. The van der Waals surface area contributed by atoms with Gasteiger partial charge in [-0.25, -0.2) is 4.98 Å². The molecule has 0 aliphatic rings. The molecule has 2 aromatic rings. The predicted octanol–water partition coefficient (Wildman–Crippen LogP) is 3.78. The number of nitrogens with zero attached hydrogens (tertiary/aromatic N) is 2. The molecular weight excluding hydrogens is 220 g/mol. The van der Waals surface area contributed by atoms with Gasteiger partial charge in [-0.05, 0) is 38.2 Å². The monoisotopic (exact) mass is 242 g/mol. The molecule has 0 radical (unpaired) electrons. The van der Waals surface area contributed by atoms with Crippen molar-refractivity contribution in [3.63, 3.8) is 0 Å². The Labute approximate surface area is 110 Å². The van der Waals surface area contributed by atoms with Gasteiger partial charge in [0.25, 0.3) is 0 Å². The summed E-state index contributed by atoms with van der Waals surface area (Å²) in [5, 5.41) is 0. The maximum Gasteiger partial charge on any atom is 0.105 e. The molecule has 0 N–H and O–H groups in total. The van der Waals surface area contributed by atoms with E-state index in [1.165, 1.54) is 24.1 Å². The third kappa shape index (κ3) is 3.46. The van der Waals surface area contributed by atoms with Crippen molar-refractivity contribution in [2.45, 2.75) is 46.1 Å². The minimum absolute atomic E-state index is 1.08. The predicted molar refractivity (Wildman–Crippen MR) is 75.7 cm³/mol. The molecule has 1 aromatic carbocycles. The third-order valence-corrected chi connectivity index (χ3v) is 3.23. The van der Waals surface area contributed by atoms with E-state index in [1.54, 1.807) is 0 Å². The first-order chi connectivity index (χ1) is 8.79. The Kier molecular flexibility index (Phi) is 4.57. The Morgan fingerprint density at radius 1 is 1.11 bits per heavy atom. The highest BCUT2D eigenvalue weighted by Crippen LogP contribution is 2.09. The molecule has 2 heteroatoms. The first-order valence-electron chi connectivity index (χ1n) is 6.86. The zero-order valence-electron chi connectivity index (χ0n) is 11.4. The summed E-state index contributed by atoms with van der Waals surface area (Å²) in [6.45, 7) is 5.38. The quantitative estimate of drug-likeness (QED) is 0.754. The van der Waals surface area contributed by atoms with E-state index in [0.717, 1.165) is 25.2 Å². The molecule has 1 aromatic heterocycles. The number of aromatic nitrogens is 2. The van der Waals surface area contributed by atoms with Crippen molar-refractivity contribution in [1.29, 1.82) is 0 Å². The van der Waals surface area contributed by atoms with Crippen LogP contribution in [0.3, 0.4) is 0 Å². The average Bonchev–Trinajstić information content (AvgIpc) is 2.72. The average molecular weight is 242 g/mol. The van der Waals surface area contributed by atoms with E-state index in [1.807, 2.05) is 0 Å². The van der Waals surface area contributed by atoms with E-state index in [-0.39, 0.29) is 0 Å². The molecule has 0 fully saturated rings. The number of aryl methyl sites for hydroxylation is 4. The minimum Gasteiger partial charge on any atom is -0.335 e. The molecule has 2 nitrogen and oxygen atoms in total. The lowest BCUT2D eigenvalue weighted by atomic mass is 10.1. The van der Waals surface area contributed by atoms with Crippen molar-refractivity contribution < 1.29 is 0 Å². The molecule has 1 heterocycles. The van der Waals surface area contributed by atoms with Gasteiger partial charge in [-0.2, -0.15) is 0 Å². The zero-order valence-corrected chi connectivity index (χ0v) is 11.4. The molecule has 0 amide bonds. The van der Waals surface area contributed by atoms with Crippen molar-refractivity contribution in [2.24, 2.45) is 0 Å². The molecule has 18 heavy (non-hydrogen) atoms. The molecule has 0 unspecified atom stereocenters. The number of rotatable bonds is 6. The summed E-state index contributed by atoms with van der Waals surface area (Å²) in [5.41, 5.74) is 2.65. The second-order valence-corrected chi connectivity index (χ2v) is 4.81. The van der Waals surface area contributed by atoms with Crippen molar-refractivity contribution in [3.8, 4) is 0 Å². The van der Waals surface area contributed by atoms with E-state index < -0.39 is 0 Å². The van der Waals surface area contributed by atoms with Gasteiger partial charge < -0.3 is 4.57 Å². The van der Waals surface area contributed by atoms with Gasteiger partial charge in [0.2, 0.25) is 0 Å². The first-order valence-corrected chi connectivity index (χ1v) is 6.86. The summed E-state index contributed by atoms with van der Waals surface area (Å²) >= 11 is 0. The Morgan fingerprint density at radius 2 is 1.89 bits per heavy atom. The standard InChI is InChI=1S/C16H22N2/c1-3-12-18-13-16(17-14(18)2)11-7-10-15-8-5-4-6-9-15/h4-6,8-9,13H,3,7,10-12H2,1-2H3. The Balaban J connectivity index is 1.85. The fourth-order valence-electron chi connectivity index (χ4n) is 2.28. The Morgan fingerprint density at radius 3 is 2.61 bits per heavy atom. The van der Waals surface area contributed by atoms with Gasteiger partial charge in [-0.1, -0.05) is 37.3 Å². The molecule has 0 saturated heterocycles. The van der Waals surface area contributed by atoms with Crippen LogP contribution >= 0.6 is 0 Å². The SMILES string of the molecule is CCCn1cc(CCCc2ccccc2)nc1C. The van der Waals surface area contributed by atoms with Crippen LogP contribution < -0.4 is 0 Å². The lowest BCUT2D eigenvalue weighted by molar-refractivity contribution is 0.657. The maximum absolute atomic E-state index is 4.62. The van der Waals surface area contributed by atoms with E-state index in [9.17, 15) is 0 Å². The summed E-state index contributed by atoms with van der Waals surface area (Å²) < 4.78 is 2.26. The number of hydrogen-bond acceptors (Lipinski definition) is 1. The molecule has 0 saturated carbocycles. The molecular formula is C16H22N2. The highest BCUT2D eigenvalue weighted by atomic mass is 15.1. The first kappa shape index (κ1) is 12.9. The summed E-state index contributed by atoms with van der Waals surface area (Å²) in [7, 11) is 0. The van der Waals surface area contributed by atoms with Crippen LogP contribution in [-0.4, -0.2) is 9.55 Å². The smallest absolute Gasteiger partial charge is 0.105 e. The normalized spacial score (nSPS) is 10.8. The molecule has 0 atom stereocenters. The van der Waals surface area contributed by atoms with Crippen LogP contribution in [0.15, 0.2) is 36.5 Å². The van der Waals surface area contributed by atoms with Crippen molar-refractivity contribution >= 4 is 0 Å². The third-order valence-electron chi connectivity index (χ3n) is 3.23. The number of imidazole rings is 1. The van der Waals surface area contributed by atoms with Gasteiger partial charge in [0.15, 0.2) is 0 Å². The summed E-state index contributed by atoms with van der Waals surface area (Å²) in [6.07, 6.45) is 6.77. The molecule has 0 spiro atoms. The van der Waals surface area contributed by atoms with E-state index >= 15 is 0 Å². The van der Waals surface area contributed by atoms with Crippen LogP contribution in [0, 0.1) is 6.92 Å². The highest BCUT2D eigenvalue weighted by Gasteiger charge is 2.03. The largest absolute Gasteiger partial charge is 0.335 e. The molecule has 0 aliphatic heterocycles. The van der Waals surface area contributed by atoms with Crippen LogP contribution in [-0.2, 0) is 19.4 Å². The summed E-state index contributed by atoms with van der Waals surface area (Å²) in [6, 6.07) is 10.7. The van der Waals surface area contributed by atoms with Crippen molar-refractivity contribution in [1.82, 2.24) is 9.55 Å². The van der Waals surface area contributed by atoms with E-state index in [2.05, 4.69) is 59.9 Å². The Hall–Kier alpha value is -1.57. The summed E-state index contributed by atoms with van der Waals surface area (Å²) in [5.74, 6) is 1.14. The number of benzene rings is 1. The van der Waals surface area contributed by atoms with Crippen LogP contribution in [0.4, 0.5) is 0 Å². The minimum atomic E-state index is 1.08. The van der Waals surface area contributed by atoms with Gasteiger partial charge in [-0.3, -0.25) is 0 Å². The van der Waals surface area contributed by atoms with Gasteiger partial charge in [0.05, 0.1) is 5.69 Å². The zero-order chi connectivity index (χ0) is 12.8. The summed E-state index contributed by atoms with van der Waals surface area (Å²) in [4.78, 5) is 4.62. The van der Waals surface area contributed by atoms with Gasteiger partial charge in [0, 0.05) is 12.7 Å². The molecule has 2 rings (SSSR count). The van der Waals surface area contributed by atoms with Gasteiger partial charge in [-0.15, -0.1) is 0 Å². The highest BCUT2D eigenvalue weighted by molar-refractivity contribution is 5.15. The van der Waals surface area contributed by atoms with Crippen LogP contribution in [0.1, 0.15) is 36.8 Å². The lowest BCUT2D eigenvalue weighted by Gasteiger charge is -2.00. The number of hydrogen-bond donors (Lipinski definition) is 0. The lowest BCUT2D eigenvalue weighted by Crippen LogP contribution is -1.96. The van der Waals surface area contributed by atoms with Crippen LogP contribution in [0.25, 0.3) is 0 Å². The van der Waals surface area contributed by atoms with Crippen molar-refractivity contribution in [3.05, 3.63) is 53.6 Å². The fourth-order valence-corrected chi connectivity index (χ4v) is 2.28. The van der Waals surface area contributed by atoms with Gasteiger partial charge >= 0.3 is 0 Å². The molecule has 0 aliphatic carbocycles. The van der Waals surface area contributed by atoms with Crippen LogP contribution in [0.2, 0.25) is 0 Å². The fraction of sp³-hybridized carbons (Fsp3) is 0.438. The Bertz CT molecular complexity index is 471. The van der Waals surface area contributed by atoms with E-state index in [0.29, 0.717) is 0 Å². The second kappa shape index (κ2) is 6.39. The topological polar surface area (TPSA) is 17.8 Å². The van der Waals surface area contributed by atoms with E-state index in [4.69, 9.17) is 0 Å². The maximum atomic E-state index is 4.62. The van der Waals surface area contributed by atoms with Crippen molar-refractivity contribution in [2.75, 3.05) is 0 Å². The van der Waals surface area contributed by atoms with Gasteiger partial charge in [0.1, 0.15) is 5.82 Å². The molecule has 96 valence electrons. The second-order valence-electron chi connectivity index (χ2n) is 4.81. The van der Waals surface area contributed by atoms with Crippen LogP contribution in [0.5, 0.6) is 0 Å².